The minimum Gasteiger partial charge on any atom is -0.593 e. The van der Waals surface area contributed by atoms with Crippen LogP contribution in [0.3, 0.4) is 0 Å². The summed E-state index contributed by atoms with van der Waals surface area (Å²) in [7, 11) is 0. The van der Waals surface area contributed by atoms with Gasteiger partial charge in [-0.3, -0.25) is 9.69 Å². The summed E-state index contributed by atoms with van der Waals surface area (Å²) < 4.78 is 33.3. The lowest BCUT2D eigenvalue weighted by atomic mass is 10.1. The second-order valence-electron chi connectivity index (χ2n) is 14.1. The number of allylic oxidation sites excluding steroid dienone is 1. The number of likely N-dealkylation sites (tertiary alicyclic amines) is 1. The normalized spacial score (nSPS) is 19.3. The van der Waals surface area contributed by atoms with Crippen LogP contribution in [0.15, 0.2) is 59.5 Å². The number of nitrogens with zero attached hydrogens (tertiary/aromatic N) is 3. The van der Waals surface area contributed by atoms with Gasteiger partial charge in [-0.15, -0.1) is 4.31 Å². The van der Waals surface area contributed by atoms with Crippen LogP contribution in [0.2, 0.25) is 0 Å². The summed E-state index contributed by atoms with van der Waals surface area (Å²) in [6, 6.07) is 13.1. The number of benzene rings is 2. The van der Waals surface area contributed by atoms with Gasteiger partial charge in [0.25, 0.3) is 5.91 Å². The number of piperidine rings is 2. The Morgan fingerprint density at radius 2 is 1.82 bits per heavy atom. The Labute approximate surface area is 299 Å². The fraction of sp³-hybridized carbons (Fsp3) is 0.553. The molecule has 0 aromatic heterocycles. The van der Waals surface area contributed by atoms with Crippen molar-refractivity contribution in [1.82, 2.24) is 19.4 Å². The highest BCUT2D eigenvalue weighted by Crippen LogP contribution is 2.33. The Balaban J connectivity index is 1.04. The molecule has 2 aromatic rings. The molecular weight excluding hydrogens is 657 g/mol. The van der Waals surface area contributed by atoms with Crippen LogP contribution in [-0.2, 0) is 27.4 Å². The minimum absolute atomic E-state index is 0.00251. The van der Waals surface area contributed by atoms with Crippen molar-refractivity contribution >= 4 is 29.6 Å². The summed E-state index contributed by atoms with van der Waals surface area (Å²) in [5, 5.41) is 2.93. The van der Waals surface area contributed by atoms with Crippen LogP contribution in [0.25, 0.3) is 0 Å². The molecule has 0 bridgehead atoms. The van der Waals surface area contributed by atoms with Gasteiger partial charge in [-0.05, 0) is 84.1 Å². The maximum Gasteiger partial charge on any atom is 0.407 e. The first-order chi connectivity index (χ1) is 24.0. The Morgan fingerprint density at radius 1 is 1.08 bits per heavy atom. The summed E-state index contributed by atoms with van der Waals surface area (Å²) in [6.45, 7) is 12.2. The third kappa shape index (κ3) is 10.2. The van der Waals surface area contributed by atoms with Crippen molar-refractivity contribution < 1.29 is 33.1 Å². The summed E-state index contributed by atoms with van der Waals surface area (Å²) in [5.41, 5.74) is 1.04. The van der Waals surface area contributed by atoms with Gasteiger partial charge in [0.15, 0.2) is 4.90 Å². The van der Waals surface area contributed by atoms with Gasteiger partial charge in [-0.25, -0.2) is 4.79 Å². The molecule has 2 aromatic carbocycles. The third-order valence-electron chi connectivity index (χ3n) is 9.27. The second kappa shape index (κ2) is 17.6. The van der Waals surface area contributed by atoms with Crippen molar-refractivity contribution in [2.75, 3.05) is 39.3 Å². The molecule has 12 heteroatoms. The fourth-order valence-corrected chi connectivity index (χ4v) is 7.97. The lowest BCUT2D eigenvalue weighted by molar-refractivity contribution is -0.108. The van der Waals surface area contributed by atoms with E-state index in [9.17, 15) is 18.9 Å². The largest absolute Gasteiger partial charge is 0.593 e. The molecule has 5 rings (SSSR count). The second-order valence-corrected chi connectivity index (χ2v) is 15.6. The first-order valence-electron chi connectivity index (χ1n) is 17.8. The molecule has 0 aliphatic carbocycles. The Morgan fingerprint density at radius 3 is 2.52 bits per heavy atom. The topological polar surface area (TPSA) is 124 Å². The van der Waals surface area contributed by atoms with E-state index in [0.29, 0.717) is 62.4 Å². The van der Waals surface area contributed by atoms with Gasteiger partial charge in [0.2, 0.25) is 0 Å². The molecule has 3 aliphatic heterocycles. The maximum atomic E-state index is 13.4. The Kier molecular flexibility index (Phi) is 13.2. The Hall–Kier alpha value is -3.58. The number of hydrogen-bond donors (Lipinski definition) is 1. The van der Waals surface area contributed by atoms with Gasteiger partial charge < -0.3 is 33.8 Å². The summed E-state index contributed by atoms with van der Waals surface area (Å²) in [5.74, 6) is 1.45. The van der Waals surface area contributed by atoms with Crippen LogP contribution in [0, 0.1) is 0 Å². The zero-order valence-electron chi connectivity index (χ0n) is 29.8. The number of fused-ring (bicyclic) bond motifs is 1. The minimum atomic E-state index is -1.31. The zero-order chi connectivity index (χ0) is 35.7. The molecule has 2 atom stereocenters. The van der Waals surface area contributed by atoms with Crippen LogP contribution in [0.4, 0.5) is 4.79 Å². The average molecular weight is 709 g/mol. The van der Waals surface area contributed by atoms with Crippen LogP contribution in [0.5, 0.6) is 11.5 Å². The predicted molar refractivity (Wildman–Crippen MR) is 193 cm³/mol. The quantitative estimate of drug-likeness (QED) is 0.154. The van der Waals surface area contributed by atoms with E-state index in [4.69, 9.17) is 14.2 Å². The molecular formula is C38H52N4O7S. The number of hydrogen-bond acceptors (Lipinski definition) is 9. The smallest absolute Gasteiger partial charge is 0.407 e. The molecule has 0 spiro atoms. The molecule has 1 N–H and O–H groups in total. The van der Waals surface area contributed by atoms with Gasteiger partial charge in [0, 0.05) is 62.4 Å². The highest BCUT2D eigenvalue weighted by Gasteiger charge is 2.34. The van der Waals surface area contributed by atoms with Crippen LogP contribution < -0.4 is 14.8 Å². The van der Waals surface area contributed by atoms with E-state index in [1.165, 1.54) is 0 Å². The molecule has 2 unspecified atom stereocenters. The number of carbonyl (C=O) groups is 3. The van der Waals surface area contributed by atoms with Crippen LogP contribution >= 0.6 is 0 Å². The number of ether oxygens (including phenoxy) is 3. The SMILES string of the molecule is C/C=C/C(CCC=O)N1Cc2c(OCCN3CCC(Oc4cccc([S+]([O-])N5CCC(NC(=O)OC(C)(C)C)CC5)c4)CC3)cccc2C1=O. The third-order valence-corrected chi connectivity index (χ3v) is 10.8. The van der Waals surface area contributed by atoms with Gasteiger partial charge in [-0.2, -0.15) is 0 Å². The van der Waals surface area contributed by atoms with Crippen LogP contribution in [-0.4, -0.2) is 100 Å². The number of carbonyl (C=O) groups excluding carboxylic acids is 3. The number of amides is 2. The Bertz CT molecular complexity index is 1480. The summed E-state index contributed by atoms with van der Waals surface area (Å²) >= 11 is -1.31. The first-order valence-corrected chi connectivity index (χ1v) is 18.9. The van der Waals surface area contributed by atoms with E-state index in [1.54, 1.807) is 0 Å². The number of aldehydes is 1. The average Bonchev–Trinajstić information content (AvgIpc) is 3.43. The fourth-order valence-electron chi connectivity index (χ4n) is 6.72. The van der Waals surface area contributed by atoms with E-state index in [0.717, 1.165) is 55.8 Å². The molecule has 0 radical (unpaired) electrons. The van der Waals surface area contributed by atoms with Gasteiger partial charge >= 0.3 is 6.09 Å². The van der Waals surface area contributed by atoms with E-state index in [1.807, 2.05) is 91.5 Å². The number of rotatable bonds is 14. The molecule has 3 aliphatic rings. The zero-order valence-corrected chi connectivity index (χ0v) is 30.6. The molecule has 2 amide bonds. The lowest BCUT2D eigenvalue weighted by Crippen LogP contribution is -2.47. The van der Waals surface area contributed by atoms with E-state index in [-0.39, 0.29) is 24.1 Å². The van der Waals surface area contributed by atoms with Crippen molar-refractivity contribution in [3.05, 3.63) is 65.7 Å². The molecule has 272 valence electrons. The molecule has 2 fully saturated rings. The van der Waals surface area contributed by atoms with Gasteiger partial charge in [0.05, 0.1) is 23.9 Å². The van der Waals surface area contributed by atoms with Crippen molar-refractivity contribution in [3.63, 3.8) is 0 Å². The molecule has 2 saturated heterocycles. The predicted octanol–water partition coefficient (Wildman–Crippen LogP) is 5.50. The van der Waals surface area contributed by atoms with E-state index < -0.39 is 23.1 Å². The highest BCUT2D eigenvalue weighted by atomic mass is 32.2. The van der Waals surface area contributed by atoms with Crippen molar-refractivity contribution in [1.29, 1.82) is 0 Å². The highest BCUT2D eigenvalue weighted by molar-refractivity contribution is 7.89. The van der Waals surface area contributed by atoms with Gasteiger partial charge in [-0.1, -0.05) is 24.3 Å². The maximum absolute atomic E-state index is 13.4. The molecule has 0 saturated carbocycles. The van der Waals surface area contributed by atoms with Gasteiger partial charge in [0.1, 0.15) is 36.1 Å². The van der Waals surface area contributed by atoms with Crippen LogP contribution in [0.1, 0.15) is 82.1 Å². The summed E-state index contributed by atoms with van der Waals surface area (Å²) in [6.07, 6.45) is 8.65. The van der Waals surface area contributed by atoms with Crippen molar-refractivity contribution in [2.24, 2.45) is 0 Å². The molecule has 3 heterocycles. The van der Waals surface area contributed by atoms with E-state index >= 15 is 0 Å². The first kappa shape index (κ1) is 37.7. The summed E-state index contributed by atoms with van der Waals surface area (Å²) in [4.78, 5) is 41.2. The van der Waals surface area contributed by atoms with Crippen molar-refractivity contribution in [2.45, 2.75) is 101 Å². The lowest BCUT2D eigenvalue weighted by Gasteiger charge is -2.33. The van der Waals surface area contributed by atoms with Crippen molar-refractivity contribution in [3.8, 4) is 11.5 Å². The molecule has 50 heavy (non-hydrogen) atoms. The monoisotopic (exact) mass is 708 g/mol. The number of nitrogens with one attached hydrogen (secondary N) is 1. The number of alkyl carbamates (subject to hydrolysis) is 1. The molecule has 11 nitrogen and oxygen atoms in total. The standard InChI is InChI=1S/C38H52N4O7S/c1-5-9-29(10-8-24-43)42-27-34-33(36(42)44)13-7-14-35(34)47-25-23-40-19-17-30(18-20-40)48-31-11-6-12-32(26-31)50(46)41-21-15-28(16-22-41)39-37(45)49-38(2,3)4/h5-7,9,11-14,24,26,28-30H,8,10,15-23,25,27H2,1-4H3,(H,39,45)/b9-5+. The van der Waals surface area contributed by atoms with E-state index in [2.05, 4.69) is 10.2 Å².